The molecule has 0 amide bonds. The minimum Gasteiger partial charge on any atom is -0.497 e. The van der Waals surface area contributed by atoms with Gasteiger partial charge in [-0.3, -0.25) is 4.99 Å². The first kappa shape index (κ1) is 18.1. The van der Waals surface area contributed by atoms with E-state index < -0.39 is 0 Å². The Morgan fingerprint density at radius 1 is 1.25 bits per heavy atom. The van der Waals surface area contributed by atoms with Crippen LogP contribution in [0.4, 0.5) is 5.13 Å². The molecule has 0 unspecified atom stereocenters. The monoisotopic (exact) mass is 347 g/mol. The van der Waals surface area contributed by atoms with Gasteiger partial charge in [-0.15, -0.1) is 11.3 Å². The van der Waals surface area contributed by atoms with Gasteiger partial charge in [-0.1, -0.05) is 12.1 Å². The predicted molar refractivity (Wildman–Crippen MR) is 101 cm³/mol. The number of nitrogens with zero attached hydrogens (tertiary/aromatic N) is 4. The predicted octanol–water partition coefficient (Wildman–Crippen LogP) is 2.43. The Balaban J connectivity index is 1.91. The normalized spacial score (nSPS) is 11.3. The van der Waals surface area contributed by atoms with Crippen LogP contribution in [0.5, 0.6) is 5.75 Å². The molecule has 0 bridgehead atoms. The van der Waals surface area contributed by atoms with Crippen molar-refractivity contribution in [1.82, 2.24) is 15.2 Å². The van der Waals surface area contributed by atoms with E-state index in [1.165, 1.54) is 5.56 Å². The average molecular weight is 347 g/mol. The Hall–Kier alpha value is -2.28. The number of thiazole rings is 1. The molecule has 0 radical (unpaired) electrons. The van der Waals surface area contributed by atoms with Crippen LogP contribution in [0.3, 0.4) is 0 Å². The number of guanidine groups is 1. The fraction of sp³-hybridized carbons (Fsp3) is 0.412. The van der Waals surface area contributed by atoms with Crippen molar-refractivity contribution in [2.24, 2.45) is 4.99 Å². The van der Waals surface area contributed by atoms with E-state index in [1.807, 2.05) is 38.2 Å². The van der Waals surface area contributed by atoms with Crippen LogP contribution in [0.2, 0.25) is 0 Å². The number of anilines is 1. The Bertz CT molecular complexity index is 666. The molecular weight excluding hydrogens is 322 g/mol. The Morgan fingerprint density at radius 2 is 1.96 bits per heavy atom. The van der Waals surface area contributed by atoms with Gasteiger partial charge >= 0.3 is 0 Å². The van der Waals surface area contributed by atoms with Crippen molar-refractivity contribution in [3.63, 3.8) is 0 Å². The number of rotatable bonds is 6. The van der Waals surface area contributed by atoms with Gasteiger partial charge in [0.2, 0.25) is 0 Å². The van der Waals surface area contributed by atoms with Crippen molar-refractivity contribution >= 4 is 22.4 Å². The third-order valence-electron chi connectivity index (χ3n) is 3.50. The summed E-state index contributed by atoms with van der Waals surface area (Å²) >= 11 is 1.64. The number of methoxy groups -OCH3 is 1. The Labute approximate surface area is 147 Å². The zero-order valence-electron chi connectivity index (χ0n) is 14.9. The highest BCUT2D eigenvalue weighted by Crippen LogP contribution is 2.17. The maximum Gasteiger partial charge on any atom is 0.194 e. The lowest BCUT2D eigenvalue weighted by atomic mass is 10.2. The van der Waals surface area contributed by atoms with E-state index >= 15 is 0 Å². The molecule has 24 heavy (non-hydrogen) atoms. The van der Waals surface area contributed by atoms with E-state index in [-0.39, 0.29) is 0 Å². The third kappa shape index (κ3) is 4.86. The maximum absolute atomic E-state index is 5.19. The van der Waals surface area contributed by atoms with Gasteiger partial charge in [-0.25, -0.2) is 4.98 Å². The van der Waals surface area contributed by atoms with Gasteiger partial charge in [0.1, 0.15) is 5.75 Å². The lowest BCUT2D eigenvalue weighted by molar-refractivity contribution is 0.414. The highest BCUT2D eigenvalue weighted by molar-refractivity contribution is 7.13. The summed E-state index contributed by atoms with van der Waals surface area (Å²) in [6.45, 7) is 1.42. The molecule has 0 spiro atoms. The highest BCUT2D eigenvalue weighted by Gasteiger charge is 2.09. The molecule has 1 heterocycles. The van der Waals surface area contributed by atoms with Crippen LogP contribution in [0.25, 0.3) is 0 Å². The largest absolute Gasteiger partial charge is 0.497 e. The van der Waals surface area contributed by atoms with Crippen LogP contribution in [0.1, 0.15) is 11.3 Å². The van der Waals surface area contributed by atoms with Crippen LogP contribution in [0.15, 0.2) is 34.6 Å². The first-order valence-electron chi connectivity index (χ1n) is 7.70. The first-order chi connectivity index (χ1) is 11.5. The summed E-state index contributed by atoms with van der Waals surface area (Å²) in [5.74, 6) is 1.70. The van der Waals surface area contributed by atoms with Crippen molar-refractivity contribution in [3.8, 4) is 5.75 Å². The second-order valence-electron chi connectivity index (χ2n) is 5.62. The first-order valence-corrected chi connectivity index (χ1v) is 8.58. The average Bonchev–Trinajstić information content (AvgIpc) is 3.05. The maximum atomic E-state index is 5.19. The van der Waals surface area contributed by atoms with Gasteiger partial charge in [-0.05, 0) is 17.7 Å². The molecule has 0 saturated carbocycles. The van der Waals surface area contributed by atoms with Gasteiger partial charge in [-0.2, -0.15) is 0 Å². The van der Waals surface area contributed by atoms with E-state index in [0.29, 0.717) is 6.54 Å². The summed E-state index contributed by atoms with van der Waals surface area (Å²) in [4.78, 5) is 13.0. The quantitative estimate of drug-likeness (QED) is 0.642. The molecule has 0 aliphatic rings. The second-order valence-corrected chi connectivity index (χ2v) is 6.46. The number of benzene rings is 1. The summed E-state index contributed by atoms with van der Waals surface area (Å²) < 4.78 is 5.19. The van der Waals surface area contributed by atoms with Gasteiger partial charge in [0.15, 0.2) is 11.1 Å². The van der Waals surface area contributed by atoms with Crippen molar-refractivity contribution in [1.29, 1.82) is 0 Å². The summed E-state index contributed by atoms with van der Waals surface area (Å²) in [6, 6.07) is 8.06. The molecule has 2 rings (SSSR count). The standard InChI is InChI=1S/C17H25N5OS/c1-18-16(19-10-14-12-24-17(20-14)21(2)3)22(4)11-13-6-8-15(23-5)9-7-13/h6-9,12H,10-11H2,1-5H3,(H,18,19). The fourth-order valence-corrected chi connectivity index (χ4v) is 2.98. The summed E-state index contributed by atoms with van der Waals surface area (Å²) in [6.07, 6.45) is 0. The summed E-state index contributed by atoms with van der Waals surface area (Å²) in [5.41, 5.74) is 2.22. The van der Waals surface area contributed by atoms with Crippen molar-refractivity contribution < 1.29 is 4.74 Å². The molecule has 0 saturated heterocycles. The Morgan fingerprint density at radius 3 is 2.50 bits per heavy atom. The minimum absolute atomic E-state index is 0.657. The molecule has 0 aliphatic carbocycles. The van der Waals surface area contributed by atoms with E-state index in [2.05, 4.69) is 37.7 Å². The smallest absolute Gasteiger partial charge is 0.194 e. The molecule has 1 aromatic heterocycles. The van der Waals surface area contributed by atoms with Gasteiger partial charge < -0.3 is 19.9 Å². The van der Waals surface area contributed by atoms with Crippen LogP contribution < -0.4 is 15.0 Å². The molecule has 1 N–H and O–H groups in total. The molecule has 1 aromatic carbocycles. The number of hydrogen-bond acceptors (Lipinski definition) is 5. The number of hydrogen-bond donors (Lipinski definition) is 1. The van der Waals surface area contributed by atoms with Crippen molar-refractivity contribution in [2.45, 2.75) is 13.1 Å². The van der Waals surface area contributed by atoms with Crippen molar-refractivity contribution in [3.05, 3.63) is 40.9 Å². The molecule has 0 atom stereocenters. The van der Waals surface area contributed by atoms with E-state index in [9.17, 15) is 0 Å². The zero-order valence-corrected chi connectivity index (χ0v) is 15.7. The topological polar surface area (TPSA) is 53.0 Å². The summed E-state index contributed by atoms with van der Waals surface area (Å²) in [7, 11) is 9.48. The molecule has 0 aliphatic heterocycles. The van der Waals surface area contributed by atoms with Crippen LogP contribution in [0, 0.1) is 0 Å². The van der Waals surface area contributed by atoms with Gasteiger partial charge in [0, 0.05) is 40.1 Å². The van der Waals surface area contributed by atoms with E-state index in [0.717, 1.165) is 29.1 Å². The molecule has 2 aromatic rings. The SMILES string of the molecule is CN=C(NCc1csc(N(C)C)n1)N(C)Cc1ccc(OC)cc1. The van der Waals surface area contributed by atoms with E-state index in [4.69, 9.17) is 4.74 Å². The molecule has 130 valence electrons. The molecular formula is C17H25N5OS. The van der Waals surface area contributed by atoms with Gasteiger partial charge in [0.05, 0.1) is 19.3 Å². The minimum atomic E-state index is 0.657. The number of ether oxygens (including phenoxy) is 1. The van der Waals surface area contributed by atoms with Crippen LogP contribution >= 0.6 is 11.3 Å². The third-order valence-corrected chi connectivity index (χ3v) is 4.56. The van der Waals surface area contributed by atoms with Crippen molar-refractivity contribution in [2.75, 3.05) is 40.2 Å². The summed E-state index contributed by atoms with van der Waals surface area (Å²) in [5, 5.41) is 6.43. The number of aromatic nitrogens is 1. The fourth-order valence-electron chi connectivity index (χ4n) is 2.22. The number of nitrogens with one attached hydrogen (secondary N) is 1. The molecule has 7 heteroatoms. The Kier molecular flexibility index (Phi) is 6.43. The van der Waals surface area contributed by atoms with Crippen LogP contribution in [-0.4, -0.2) is 51.1 Å². The lowest BCUT2D eigenvalue weighted by Gasteiger charge is -2.22. The second kappa shape index (κ2) is 8.54. The number of aliphatic imine (C=N–C) groups is 1. The van der Waals surface area contributed by atoms with Gasteiger partial charge in [0.25, 0.3) is 0 Å². The molecule has 6 nitrogen and oxygen atoms in total. The zero-order chi connectivity index (χ0) is 17.5. The lowest BCUT2D eigenvalue weighted by Crippen LogP contribution is -2.38. The molecule has 0 fully saturated rings. The highest BCUT2D eigenvalue weighted by atomic mass is 32.1. The van der Waals surface area contributed by atoms with E-state index in [1.54, 1.807) is 25.5 Å². The van der Waals surface area contributed by atoms with Crippen LogP contribution in [-0.2, 0) is 13.1 Å².